The average molecular weight is 296 g/mol. The molecule has 0 bridgehead atoms. The molecule has 3 heteroatoms. The third kappa shape index (κ3) is 3.14. The van der Waals surface area contributed by atoms with E-state index in [-0.39, 0.29) is 5.97 Å². The number of cyclic esters (lactones) is 1. The van der Waals surface area contributed by atoms with Gasteiger partial charge in [0.15, 0.2) is 0 Å². The summed E-state index contributed by atoms with van der Waals surface area (Å²) in [7, 11) is 0. The van der Waals surface area contributed by atoms with Crippen molar-refractivity contribution in [2.45, 2.75) is 20.3 Å². The van der Waals surface area contributed by atoms with E-state index in [1.807, 2.05) is 55.6 Å². The largest absolute Gasteiger partial charge is 0.423 e. The Bertz CT molecular complexity index is 716. The highest BCUT2D eigenvalue weighted by atomic mass is 32.1. The molecular formula is C18H16O2S. The van der Waals surface area contributed by atoms with E-state index in [1.165, 1.54) is 11.1 Å². The first-order chi connectivity index (χ1) is 10.1. The van der Waals surface area contributed by atoms with Crippen molar-refractivity contribution in [2.75, 3.05) is 0 Å². The van der Waals surface area contributed by atoms with Crippen molar-refractivity contribution in [3.05, 3.63) is 68.9 Å². The molecule has 1 aromatic heterocycles. The Labute approximate surface area is 128 Å². The fourth-order valence-electron chi connectivity index (χ4n) is 2.45. The van der Waals surface area contributed by atoms with Crippen LogP contribution in [0.15, 0.2) is 47.4 Å². The molecular weight excluding hydrogens is 280 g/mol. The van der Waals surface area contributed by atoms with Crippen LogP contribution in [0, 0.1) is 13.8 Å². The number of carbonyl (C=O) groups is 1. The molecule has 1 aliphatic rings. The Morgan fingerprint density at radius 2 is 1.95 bits per heavy atom. The molecule has 0 saturated carbocycles. The van der Waals surface area contributed by atoms with Crippen LogP contribution in [0.4, 0.5) is 0 Å². The summed E-state index contributed by atoms with van der Waals surface area (Å²) in [5, 5.41) is 2.00. The van der Waals surface area contributed by atoms with Gasteiger partial charge in [-0.15, -0.1) is 11.3 Å². The summed E-state index contributed by atoms with van der Waals surface area (Å²) in [5.41, 5.74) is 4.00. The van der Waals surface area contributed by atoms with Crippen LogP contribution in [0.3, 0.4) is 0 Å². The van der Waals surface area contributed by atoms with Gasteiger partial charge in [-0.25, -0.2) is 4.79 Å². The van der Waals surface area contributed by atoms with Crippen LogP contribution in [0.2, 0.25) is 0 Å². The summed E-state index contributed by atoms with van der Waals surface area (Å²) < 4.78 is 5.50. The molecule has 106 valence electrons. The van der Waals surface area contributed by atoms with Crippen LogP contribution in [0.25, 0.3) is 11.8 Å². The van der Waals surface area contributed by atoms with Gasteiger partial charge in [0.05, 0.1) is 0 Å². The molecule has 0 amide bonds. The molecule has 0 spiro atoms. The molecule has 2 heterocycles. The van der Waals surface area contributed by atoms with E-state index in [2.05, 4.69) is 6.07 Å². The molecule has 2 aromatic rings. The van der Waals surface area contributed by atoms with Gasteiger partial charge < -0.3 is 4.74 Å². The van der Waals surface area contributed by atoms with Crippen LogP contribution in [-0.2, 0) is 9.53 Å². The van der Waals surface area contributed by atoms with Gasteiger partial charge in [0, 0.05) is 22.4 Å². The summed E-state index contributed by atoms with van der Waals surface area (Å²) in [6, 6.07) is 10.2. The van der Waals surface area contributed by atoms with E-state index < -0.39 is 0 Å². The van der Waals surface area contributed by atoms with Gasteiger partial charge in [-0.1, -0.05) is 23.3 Å². The lowest BCUT2D eigenvalue weighted by Gasteiger charge is -2.16. The van der Waals surface area contributed by atoms with Crippen molar-refractivity contribution >= 4 is 29.1 Å². The summed E-state index contributed by atoms with van der Waals surface area (Å²) in [6.45, 7) is 4.09. The van der Waals surface area contributed by atoms with Crippen molar-refractivity contribution in [1.29, 1.82) is 0 Å². The number of ether oxygens (including phenoxy) is 1. The van der Waals surface area contributed by atoms with E-state index in [0.29, 0.717) is 17.8 Å². The maximum Gasteiger partial charge on any atom is 0.339 e. The van der Waals surface area contributed by atoms with Gasteiger partial charge in [-0.2, -0.15) is 0 Å². The Morgan fingerprint density at radius 1 is 1.19 bits per heavy atom. The average Bonchev–Trinajstić information content (AvgIpc) is 2.93. The quantitative estimate of drug-likeness (QED) is 0.591. The highest BCUT2D eigenvalue weighted by molar-refractivity contribution is 7.10. The van der Waals surface area contributed by atoms with Crippen LogP contribution in [0.5, 0.6) is 0 Å². The third-order valence-corrected chi connectivity index (χ3v) is 4.16. The Hall–Kier alpha value is -2.13. The minimum atomic E-state index is -0.250. The fourth-order valence-corrected chi connectivity index (χ4v) is 3.13. The van der Waals surface area contributed by atoms with Gasteiger partial charge >= 0.3 is 5.97 Å². The number of benzene rings is 1. The maximum absolute atomic E-state index is 12.1. The molecule has 21 heavy (non-hydrogen) atoms. The van der Waals surface area contributed by atoms with Crippen molar-refractivity contribution < 1.29 is 9.53 Å². The van der Waals surface area contributed by atoms with E-state index in [9.17, 15) is 4.79 Å². The molecule has 3 rings (SSSR count). The summed E-state index contributed by atoms with van der Waals surface area (Å²) in [6.07, 6.45) is 4.50. The lowest BCUT2D eigenvalue weighted by Crippen LogP contribution is -2.11. The number of thiophene rings is 1. The van der Waals surface area contributed by atoms with E-state index in [4.69, 9.17) is 4.74 Å². The Balaban J connectivity index is 1.88. The van der Waals surface area contributed by atoms with Crippen molar-refractivity contribution in [2.24, 2.45) is 0 Å². The second kappa shape index (κ2) is 5.70. The Kier molecular flexibility index (Phi) is 3.76. The number of hydrogen-bond donors (Lipinski definition) is 0. The number of allylic oxidation sites excluding steroid dienone is 1. The smallest absolute Gasteiger partial charge is 0.339 e. The maximum atomic E-state index is 12.1. The van der Waals surface area contributed by atoms with E-state index in [1.54, 1.807) is 11.3 Å². The van der Waals surface area contributed by atoms with Gasteiger partial charge in [0.1, 0.15) is 5.76 Å². The number of hydrogen-bond acceptors (Lipinski definition) is 3. The lowest BCUT2D eigenvalue weighted by atomic mass is 10.0. The predicted octanol–water partition coefficient (Wildman–Crippen LogP) is 4.74. The molecule has 1 aromatic carbocycles. The second-order valence-corrected chi connectivity index (χ2v) is 6.20. The zero-order chi connectivity index (χ0) is 14.8. The predicted molar refractivity (Wildman–Crippen MR) is 86.9 cm³/mol. The number of rotatable bonds is 2. The van der Waals surface area contributed by atoms with Crippen LogP contribution >= 0.6 is 11.3 Å². The molecule has 0 radical (unpaired) electrons. The molecule has 0 fully saturated rings. The molecule has 0 N–H and O–H groups in total. The second-order valence-electron chi connectivity index (χ2n) is 5.22. The highest BCUT2D eigenvalue weighted by Gasteiger charge is 2.20. The Morgan fingerprint density at radius 3 is 2.57 bits per heavy atom. The van der Waals surface area contributed by atoms with Crippen LogP contribution in [0.1, 0.15) is 28.0 Å². The SMILES string of the molecule is Cc1cc(C)cc(C2=CC/C(=C/c3cccs3)C(=O)O2)c1. The van der Waals surface area contributed by atoms with E-state index in [0.717, 1.165) is 10.4 Å². The first kappa shape index (κ1) is 13.8. The van der Waals surface area contributed by atoms with Crippen LogP contribution < -0.4 is 0 Å². The monoisotopic (exact) mass is 296 g/mol. The molecule has 2 nitrogen and oxygen atoms in total. The zero-order valence-electron chi connectivity index (χ0n) is 12.1. The molecule has 0 atom stereocenters. The number of carbonyl (C=O) groups excluding carboxylic acids is 1. The zero-order valence-corrected chi connectivity index (χ0v) is 12.9. The summed E-state index contributed by atoms with van der Waals surface area (Å²) >= 11 is 1.61. The topological polar surface area (TPSA) is 26.3 Å². The molecule has 0 saturated heterocycles. The van der Waals surface area contributed by atoms with Gasteiger partial charge in [-0.05, 0) is 49.6 Å². The summed E-state index contributed by atoms with van der Waals surface area (Å²) in [4.78, 5) is 13.2. The van der Waals surface area contributed by atoms with Crippen LogP contribution in [-0.4, -0.2) is 5.97 Å². The van der Waals surface area contributed by atoms with Crippen molar-refractivity contribution in [3.8, 4) is 0 Å². The standard InChI is InChI=1S/C18H16O2S/c1-12-8-13(2)10-15(9-12)17-6-5-14(18(19)20-17)11-16-4-3-7-21-16/h3-4,6-11H,5H2,1-2H3/b14-11-. The minimum absolute atomic E-state index is 0.250. The fraction of sp³-hybridized carbons (Fsp3) is 0.167. The van der Waals surface area contributed by atoms with Gasteiger partial charge in [-0.3, -0.25) is 0 Å². The normalized spacial score (nSPS) is 16.8. The van der Waals surface area contributed by atoms with Gasteiger partial charge in [0.25, 0.3) is 0 Å². The minimum Gasteiger partial charge on any atom is -0.423 e. The first-order valence-corrected chi connectivity index (χ1v) is 7.75. The molecule has 0 aliphatic carbocycles. The number of esters is 1. The third-order valence-electron chi connectivity index (χ3n) is 3.34. The van der Waals surface area contributed by atoms with E-state index >= 15 is 0 Å². The van der Waals surface area contributed by atoms with Gasteiger partial charge in [0.2, 0.25) is 0 Å². The molecule has 1 aliphatic heterocycles. The van der Waals surface area contributed by atoms with Crippen molar-refractivity contribution in [1.82, 2.24) is 0 Å². The lowest BCUT2D eigenvalue weighted by molar-refractivity contribution is -0.132. The summed E-state index contributed by atoms with van der Waals surface area (Å²) in [5.74, 6) is 0.412. The van der Waals surface area contributed by atoms with Crippen molar-refractivity contribution in [3.63, 3.8) is 0 Å². The highest BCUT2D eigenvalue weighted by Crippen LogP contribution is 2.28. The number of aryl methyl sites for hydroxylation is 2. The first-order valence-electron chi connectivity index (χ1n) is 6.87. The molecule has 0 unspecified atom stereocenters.